The zero-order valence-corrected chi connectivity index (χ0v) is 12.1. The van der Waals surface area contributed by atoms with E-state index in [-0.39, 0.29) is 5.79 Å². The van der Waals surface area contributed by atoms with E-state index in [9.17, 15) is 4.79 Å². The van der Waals surface area contributed by atoms with Gasteiger partial charge in [0.1, 0.15) is 0 Å². The van der Waals surface area contributed by atoms with Crippen molar-refractivity contribution >= 4 is 6.41 Å². The molecular weight excluding hydrogens is 244 g/mol. The lowest BCUT2D eigenvalue weighted by Gasteiger charge is -2.45. The second-order valence-electron chi connectivity index (χ2n) is 5.48. The third-order valence-electron chi connectivity index (χ3n) is 4.43. The first-order valence-corrected chi connectivity index (χ1v) is 7.35. The first-order chi connectivity index (χ1) is 9.23. The van der Waals surface area contributed by atoms with Crippen molar-refractivity contribution in [3.63, 3.8) is 0 Å². The fourth-order valence-electron chi connectivity index (χ4n) is 3.28. The van der Waals surface area contributed by atoms with Crippen LogP contribution >= 0.6 is 0 Å². The van der Waals surface area contributed by atoms with Crippen LogP contribution in [-0.4, -0.2) is 67.9 Å². The van der Waals surface area contributed by atoms with Gasteiger partial charge in [-0.15, -0.1) is 0 Å². The van der Waals surface area contributed by atoms with E-state index in [4.69, 9.17) is 9.47 Å². The van der Waals surface area contributed by atoms with Crippen LogP contribution < -0.4 is 0 Å². The predicted octanol–water partition coefficient (Wildman–Crippen LogP) is 1.08. The van der Waals surface area contributed by atoms with Crippen molar-refractivity contribution in [2.45, 2.75) is 44.4 Å². The number of piperidine rings is 2. The van der Waals surface area contributed by atoms with E-state index < -0.39 is 0 Å². The van der Waals surface area contributed by atoms with Gasteiger partial charge in [-0.3, -0.25) is 9.69 Å². The average Bonchev–Trinajstić information content (AvgIpc) is 2.48. The number of carbonyl (C=O) groups excluding carboxylic acids is 1. The lowest BCUT2D eigenvalue weighted by atomic mass is 9.98. The summed E-state index contributed by atoms with van der Waals surface area (Å²) in [4.78, 5) is 15.3. The zero-order valence-electron chi connectivity index (χ0n) is 12.1. The first-order valence-electron chi connectivity index (χ1n) is 7.35. The monoisotopic (exact) mass is 270 g/mol. The average molecular weight is 270 g/mol. The summed E-state index contributed by atoms with van der Waals surface area (Å²) in [5.41, 5.74) is 0. The SMILES string of the molecule is CCOC1(OC)CCN(C2CCCN(C=O)C2)CC1. The summed E-state index contributed by atoms with van der Waals surface area (Å²) in [6.45, 7) is 6.47. The molecule has 2 saturated heterocycles. The topological polar surface area (TPSA) is 42.0 Å². The Kier molecular flexibility index (Phi) is 5.19. The fraction of sp³-hybridized carbons (Fsp3) is 0.929. The molecule has 2 fully saturated rings. The number of likely N-dealkylation sites (tertiary alicyclic amines) is 2. The fourth-order valence-corrected chi connectivity index (χ4v) is 3.28. The Morgan fingerprint density at radius 1 is 1.32 bits per heavy atom. The standard InChI is InChI=1S/C14H26N2O3/c1-3-19-14(18-2)6-9-16(10-7-14)13-5-4-8-15(11-13)12-17/h12-13H,3-11H2,1-2H3. The molecule has 0 aromatic rings. The third-order valence-corrected chi connectivity index (χ3v) is 4.43. The maximum atomic E-state index is 10.9. The highest BCUT2D eigenvalue weighted by atomic mass is 16.7. The number of hydrogen-bond acceptors (Lipinski definition) is 4. The molecule has 0 bridgehead atoms. The highest BCUT2D eigenvalue weighted by molar-refractivity contribution is 5.47. The van der Waals surface area contributed by atoms with Gasteiger partial charge in [0.2, 0.25) is 6.41 Å². The van der Waals surface area contributed by atoms with Gasteiger partial charge in [0.25, 0.3) is 0 Å². The number of carbonyl (C=O) groups is 1. The molecular formula is C14H26N2O3. The van der Waals surface area contributed by atoms with E-state index >= 15 is 0 Å². The van der Waals surface area contributed by atoms with Crippen LogP contribution in [0.3, 0.4) is 0 Å². The molecule has 2 aliphatic rings. The molecule has 0 spiro atoms. The molecule has 2 rings (SSSR count). The lowest BCUT2D eigenvalue weighted by Crippen LogP contribution is -2.54. The molecule has 0 aromatic carbocycles. The minimum Gasteiger partial charge on any atom is -0.353 e. The second kappa shape index (κ2) is 6.68. The highest BCUT2D eigenvalue weighted by Crippen LogP contribution is 2.29. The molecule has 0 aromatic heterocycles. The Hall–Kier alpha value is -0.650. The molecule has 1 unspecified atom stereocenters. The van der Waals surface area contributed by atoms with Crippen molar-refractivity contribution in [2.24, 2.45) is 0 Å². The minimum atomic E-state index is -0.385. The number of rotatable bonds is 5. The van der Waals surface area contributed by atoms with Gasteiger partial charge in [-0.25, -0.2) is 0 Å². The Morgan fingerprint density at radius 3 is 2.63 bits per heavy atom. The molecule has 1 atom stereocenters. The van der Waals surface area contributed by atoms with E-state index in [0.717, 1.165) is 51.9 Å². The molecule has 0 N–H and O–H groups in total. The predicted molar refractivity (Wildman–Crippen MR) is 72.8 cm³/mol. The van der Waals surface area contributed by atoms with Gasteiger partial charge in [-0.2, -0.15) is 0 Å². The molecule has 0 saturated carbocycles. The Labute approximate surface area is 115 Å². The number of hydrogen-bond donors (Lipinski definition) is 0. The van der Waals surface area contributed by atoms with Crippen molar-refractivity contribution in [2.75, 3.05) is 39.9 Å². The summed E-state index contributed by atoms with van der Waals surface area (Å²) in [5, 5.41) is 0. The number of methoxy groups -OCH3 is 1. The van der Waals surface area contributed by atoms with Crippen LogP contribution in [0.25, 0.3) is 0 Å². The highest BCUT2D eigenvalue weighted by Gasteiger charge is 2.37. The number of nitrogens with zero attached hydrogens (tertiary/aromatic N) is 2. The van der Waals surface area contributed by atoms with Crippen molar-refractivity contribution in [1.29, 1.82) is 0 Å². The van der Waals surface area contributed by atoms with Gasteiger partial charge >= 0.3 is 0 Å². The van der Waals surface area contributed by atoms with Gasteiger partial charge < -0.3 is 14.4 Å². The third kappa shape index (κ3) is 3.46. The van der Waals surface area contributed by atoms with Crippen molar-refractivity contribution in [3.05, 3.63) is 0 Å². The molecule has 5 nitrogen and oxygen atoms in total. The summed E-state index contributed by atoms with van der Waals surface area (Å²) >= 11 is 0. The largest absolute Gasteiger partial charge is 0.353 e. The lowest BCUT2D eigenvalue weighted by molar-refractivity contribution is -0.243. The van der Waals surface area contributed by atoms with E-state index in [1.54, 1.807) is 7.11 Å². The molecule has 19 heavy (non-hydrogen) atoms. The zero-order chi connectivity index (χ0) is 13.7. The maximum absolute atomic E-state index is 10.9. The summed E-state index contributed by atoms with van der Waals surface area (Å²) in [6.07, 6.45) is 5.11. The summed E-state index contributed by atoms with van der Waals surface area (Å²) in [7, 11) is 1.74. The van der Waals surface area contributed by atoms with Crippen LogP contribution in [0.4, 0.5) is 0 Å². The molecule has 110 valence electrons. The van der Waals surface area contributed by atoms with Gasteiger partial charge in [-0.05, 0) is 19.8 Å². The maximum Gasteiger partial charge on any atom is 0.209 e. The van der Waals surface area contributed by atoms with Crippen LogP contribution in [0.15, 0.2) is 0 Å². The first kappa shape index (κ1) is 14.8. The number of amides is 1. The van der Waals surface area contributed by atoms with Gasteiger partial charge in [0, 0.05) is 58.8 Å². The van der Waals surface area contributed by atoms with Gasteiger partial charge in [0.15, 0.2) is 5.79 Å². The Bertz CT molecular complexity index is 290. The molecule has 5 heteroatoms. The Morgan fingerprint density at radius 2 is 2.05 bits per heavy atom. The van der Waals surface area contributed by atoms with E-state index in [2.05, 4.69) is 4.90 Å². The smallest absolute Gasteiger partial charge is 0.209 e. The van der Waals surface area contributed by atoms with Crippen LogP contribution in [-0.2, 0) is 14.3 Å². The summed E-state index contributed by atoms with van der Waals surface area (Å²) in [6, 6.07) is 0.510. The van der Waals surface area contributed by atoms with E-state index in [1.165, 1.54) is 6.42 Å². The summed E-state index contributed by atoms with van der Waals surface area (Å²) in [5.74, 6) is -0.385. The van der Waals surface area contributed by atoms with Gasteiger partial charge in [0.05, 0.1) is 0 Å². The molecule has 2 heterocycles. The van der Waals surface area contributed by atoms with Crippen LogP contribution in [0, 0.1) is 0 Å². The van der Waals surface area contributed by atoms with Crippen molar-refractivity contribution < 1.29 is 14.3 Å². The van der Waals surface area contributed by atoms with Crippen molar-refractivity contribution in [3.8, 4) is 0 Å². The number of ether oxygens (including phenoxy) is 2. The normalized spacial score (nSPS) is 28.3. The van der Waals surface area contributed by atoms with E-state index in [0.29, 0.717) is 12.6 Å². The van der Waals surface area contributed by atoms with Crippen LogP contribution in [0.5, 0.6) is 0 Å². The quantitative estimate of drug-likeness (QED) is 0.554. The van der Waals surface area contributed by atoms with Crippen molar-refractivity contribution in [1.82, 2.24) is 9.80 Å². The molecule has 0 aliphatic carbocycles. The molecule has 0 radical (unpaired) electrons. The van der Waals surface area contributed by atoms with E-state index in [1.807, 2.05) is 11.8 Å². The summed E-state index contributed by atoms with van der Waals surface area (Å²) < 4.78 is 11.4. The second-order valence-corrected chi connectivity index (χ2v) is 5.48. The molecule has 1 amide bonds. The molecule has 2 aliphatic heterocycles. The van der Waals surface area contributed by atoms with Gasteiger partial charge in [-0.1, -0.05) is 0 Å². The van der Waals surface area contributed by atoms with Crippen LogP contribution in [0.1, 0.15) is 32.6 Å². The minimum absolute atomic E-state index is 0.385. The Balaban J connectivity index is 1.86. The van der Waals surface area contributed by atoms with Crippen LogP contribution in [0.2, 0.25) is 0 Å².